The lowest BCUT2D eigenvalue weighted by Crippen LogP contribution is -2.35. The molecule has 0 saturated heterocycles. The molecule has 88 valence electrons. The molecule has 17 heavy (non-hydrogen) atoms. The van der Waals surface area contributed by atoms with Gasteiger partial charge in [0.25, 0.3) is 0 Å². The maximum Gasteiger partial charge on any atom is 0.0412 e. The largest absolute Gasteiger partial charge is 0.381 e. The molecule has 1 aliphatic carbocycles. The van der Waals surface area contributed by atoms with Crippen LogP contribution in [-0.4, -0.2) is 12.1 Å². The number of hydrogen-bond acceptors (Lipinski definition) is 2. The third-order valence-electron chi connectivity index (χ3n) is 3.67. The number of nitrogens with two attached hydrogens (primary N) is 1. The van der Waals surface area contributed by atoms with Gasteiger partial charge in [0.2, 0.25) is 0 Å². The second-order valence-electron chi connectivity index (χ2n) is 4.91. The van der Waals surface area contributed by atoms with Crippen molar-refractivity contribution in [3.63, 3.8) is 0 Å². The van der Waals surface area contributed by atoms with Crippen molar-refractivity contribution >= 4 is 16.5 Å². The number of rotatable bonds is 2. The summed E-state index contributed by atoms with van der Waals surface area (Å²) >= 11 is 0. The summed E-state index contributed by atoms with van der Waals surface area (Å²) in [7, 11) is 0. The number of anilines is 1. The molecule has 2 heteroatoms. The van der Waals surface area contributed by atoms with E-state index in [1.807, 2.05) is 0 Å². The van der Waals surface area contributed by atoms with Crippen LogP contribution in [0.15, 0.2) is 42.5 Å². The Morgan fingerprint density at radius 1 is 1.00 bits per heavy atom. The van der Waals surface area contributed by atoms with Crippen LogP contribution in [0.2, 0.25) is 0 Å². The number of hydrogen-bond donors (Lipinski definition) is 2. The van der Waals surface area contributed by atoms with Gasteiger partial charge in [-0.3, -0.25) is 0 Å². The van der Waals surface area contributed by atoms with Crippen LogP contribution in [0, 0.1) is 0 Å². The van der Waals surface area contributed by atoms with Crippen LogP contribution in [0.4, 0.5) is 5.69 Å². The average Bonchev–Trinajstić information content (AvgIpc) is 2.75. The molecule has 0 radical (unpaired) electrons. The minimum absolute atomic E-state index is 0.307. The molecule has 0 amide bonds. The van der Waals surface area contributed by atoms with Gasteiger partial charge in [-0.25, -0.2) is 0 Å². The third kappa shape index (κ3) is 2.13. The number of benzene rings is 2. The highest BCUT2D eigenvalue weighted by Gasteiger charge is 2.23. The van der Waals surface area contributed by atoms with Crippen LogP contribution in [0.3, 0.4) is 0 Å². The van der Waals surface area contributed by atoms with E-state index in [4.69, 9.17) is 5.73 Å². The Bertz CT molecular complexity index is 521. The second-order valence-corrected chi connectivity index (χ2v) is 4.91. The Labute approximate surface area is 102 Å². The molecule has 3 rings (SSSR count). The van der Waals surface area contributed by atoms with E-state index in [1.165, 1.54) is 29.3 Å². The van der Waals surface area contributed by atoms with E-state index in [0.717, 1.165) is 6.42 Å². The molecule has 2 atom stereocenters. The van der Waals surface area contributed by atoms with Crippen LogP contribution in [0.5, 0.6) is 0 Å². The van der Waals surface area contributed by atoms with E-state index in [9.17, 15) is 0 Å². The first kappa shape index (κ1) is 10.6. The summed E-state index contributed by atoms with van der Waals surface area (Å²) in [5, 5.41) is 6.13. The molecule has 0 aliphatic heterocycles. The van der Waals surface area contributed by atoms with Gasteiger partial charge in [0, 0.05) is 17.8 Å². The zero-order valence-corrected chi connectivity index (χ0v) is 9.89. The van der Waals surface area contributed by atoms with E-state index < -0.39 is 0 Å². The highest BCUT2D eigenvalue weighted by molar-refractivity contribution is 5.85. The minimum atomic E-state index is 0.307. The maximum absolute atomic E-state index is 6.08. The third-order valence-corrected chi connectivity index (χ3v) is 3.67. The normalized spacial score (nSPS) is 24.1. The topological polar surface area (TPSA) is 38.0 Å². The van der Waals surface area contributed by atoms with E-state index in [-0.39, 0.29) is 0 Å². The Kier molecular flexibility index (Phi) is 2.73. The molecule has 0 aromatic heterocycles. The summed E-state index contributed by atoms with van der Waals surface area (Å²) in [4.78, 5) is 0. The molecule has 0 heterocycles. The van der Waals surface area contributed by atoms with Crippen molar-refractivity contribution in [1.29, 1.82) is 0 Å². The molecule has 3 N–H and O–H groups in total. The minimum Gasteiger partial charge on any atom is -0.381 e. The van der Waals surface area contributed by atoms with Gasteiger partial charge in [0.05, 0.1) is 0 Å². The lowest BCUT2D eigenvalue weighted by Gasteiger charge is -2.18. The zero-order valence-electron chi connectivity index (χ0n) is 9.89. The zero-order chi connectivity index (χ0) is 11.7. The molecule has 2 unspecified atom stereocenters. The summed E-state index contributed by atoms with van der Waals surface area (Å²) in [6, 6.07) is 15.7. The first-order chi connectivity index (χ1) is 8.33. The smallest absolute Gasteiger partial charge is 0.0412 e. The first-order valence-corrected chi connectivity index (χ1v) is 6.34. The predicted octanol–water partition coefficient (Wildman–Crippen LogP) is 3.13. The molecule has 1 saturated carbocycles. The van der Waals surface area contributed by atoms with Gasteiger partial charge in [0.1, 0.15) is 0 Å². The van der Waals surface area contributed by atoms with Gasteiger partial charge in [-0.05, 0) is 42.2 Å². The van der Waals surface area contributed by atoms with Gasteiger partial charge in [0.15, 0.2) is 0 Å². The maximum atomic E-state index is 6.08. The van der Waals surface area contributed by atoms with E-state index in [1.54, 1.807) is 0 Å². The summed E-state index contributed by atoms with van der Waals surface area (Å²) in [6.45, 7) is 0. The summed E-state index contributed by atoms with van der Waals surface area (Å²) in [5.74, 6) is 0. The van der Waals surface area contributed by atoms with Crippen molar-refractivity contribution in [3.8, 4) is 0 Å². The van der Waals surface area contributed by atoms with Crippen LogP contribution < -0.4 is 11.1 Å². The molecular formula is C15H18N2. The van der Waals surface area contributed by atoms with Gasteiger partial charge < -0.3 is 11.1 Å². The summed E-state index contributed by atoms with van der Waals surface area (Å²) < 4.78 is 0. The second kappa shape index (κ2) is 4.38. The molecule has 1 fully saturated rings. The first-order valence-electron chi connectivity index (χ1n) is 6.34. The van der Waals surface area contributed by atoms with Crippen molar-refractivity contribution in [1.82, 2.24) is 0 Å². The average molecular weight is 226 g/mol. The lowest BCUT2D eigenvalue weighted by molar-refractivity contribution is 0.638. The fourth-order valence-electron chi connectivity index (χ4n) is 2.66. The Balaban J connectivity index is 1.85. The molecule has 2 aromatic carbocycles. The summed E-state index contributed by atoms with van der Waals surface area (Å²) in [6.07, 6.45) is 3.58. The van der Waals surface area contributed by atoms with Gasteiger partial charge >= 0.3 is 0 Å². The monoisotopic (exact) mass is 226 g/mol. The van der Waals surface area contributed by atoms with Crippen LogP contribution in [0.1, 0.15) is 19.3 Å². The van der Waals surface area contributed by atoms with Gasteiger partial charge in [-0.15, -0.1) is 0 Å². The van der Waals surface area contributed by atoms with E-state index in [0.29, 0.717) is 12.1 Å². The summed E-state index contributed by atoms with van der Waals surface area (Å²) in [5.41, 5.74) is 7.26. The Morgan fingerprint density at radius 3 is 2.59 bits per heavy atom. The van der Waals surface area contributed by atoms with Crippen molar-refractivity contribution in [2.75, 3.05) is 5.32 Å². The molecule has 2 aromatic rings. The van der Waals surface area contributed by atoms with Crippen LogP contribution >= 0.6 is 0 Å². The van der Waals surface area contributed by atoms with Crippen LogP contribution in [-0.2, 0) is 0 Å². The fraction of sp³-hybridized carbons (Fsp3) is 0.333. The van der Waals surface area contributed by atoms with Gasteiger partial charge in [-0.1, -0.05) is 30.3 Å². The fourth-order valence-corrected chi connectivity index (χ4v) is 2.66. The Hall–Kier alpha value is -1.54. The molecular weight excluding hydrogens is 208 g/mol. The van der Waals surface area contributed by atoms with Crippen LogP contribution in [0.25, 0.3) is 10.8 Å². The highest BCUT2D eigenvalue weighted by Crippen LogP contribution is 2.24. The molecule has 1 aliphatic rings. The van der Waals surface area contributed by atoms with Gasteiger partial charge in [-0.2, -0.15) is 0 Å². The molecule has 2 nitrogen and oxygen atoms in total. The Morgan fingerprint density at radius 2 is 1.82 bits per heavy atom. The quantitative estimate of drug-likeness (QED) is 0.825. The highest BCUT2D eigenvalue weighted by atomic mass is 15.0. The van der Waals surface area contributed by atoms with E-state index >= 15 is 0 Å². The van der Waals surface area contributed by atoms with E-state index in [2.05, 4.69) is 47.8 Å². The lowest BCUT2D eigenvalue weighted by atomic mass is 10.1. The van der Waals surface area contributed by atoms with Crippen molar-refractivity contribution < 1.29 is 0 Å². The number of fused-ring (bicyclic) bond motifs is 1. The number of nitrogens with one attached hydrogen (secondary N) is 1. The predicted molar refractivity (Wildman–Crippen MR) is 73.2 cm³/mol. The van der Waals surface area contributed by atoms with Crippen molar-refractivity contribution in [2.24, 2.45) is 5.73 Å². The van der Waals surface area contributed by atoms with Crippen molar-refractivity contribution in [2.45, 2.75) is 31.3 Å². The molecule has 0 bridgehead atoms. The standard InChI is InChI=1S/C15H18N2/c16-14-6-3-7-15(14)17-13-9-8-11-4-1-2-5-12(11)10-13/h1-2,4-5,8-10,14-15,17H,3,6-7,16H2. The molecule has 0 spiro atoms. The van der Waals surface area contributed by atoms with Crippen molar-refractivity contribution in [3.05, 3.63) is 42.5 Å². The SMILES string of the molecule is NC1CCCC1Nc1ccc2ccccc2c1.